The van der Waals surface area contributed by atoms with Gasteiger partial charge in [-0.1, -0.05) is 6.07 Å². The van der Waals surface area contributed by atoms with Crippen molar-refractivity contribution in [2.45, 2.75) is 18.5 Å². The summed E-state index contributed by atoms with van der Waals surface area (Å²) in [5.41, 5.74) is 1.57. The van der Waals surface area contributed by atoms with Gasteiger partial charge in [-0.2, -0.15) is 4.31 Å². The van der Waals surface area contributed by atoms with E-state index in [2.05, 4.69) is 15.4 Å². The predicted octanol–water partition coefficient (Wildman–Crippen LogP) is 3.73. The molecule has 1 unspecified atom stereocenters. The van der Waals surface area contributed by atoms with Gasteiger partial charge in [-0.05, 0) is 36.8 Å². The molecule has 0 aliphatic carbocycles. The maximum absolute atomic E-state index is 12.9. The number of hydrogen-bond acceptors (Lipinski definition) is 6. The van der Waals surface area contributed by atoms with Crippen molar-refractivity contribution in [3.63, 3.8) is 0 Å². The molecule has 1 saturated heterocycles. The van der Waals surface area contributed by atoms with E-state index in [0.29, 0.717) is 48.9 Å². The Kier molecular flexibility index (Phi) is 5.28. The zero-order valence-electron chi connectivity index (χ0n) is 16.0. The van der Waals surface area contributed by atoms with E-state index >= 15 is 0 Å². The lowest BCUT2D eigenvalue weighted by molar-refractivity contribution is -0.274. The molecule has 1 fully saturated rings. The molecule has 2 aromatic carbocycles. The second-order valence-corrected chi connectivity index (χ2v) is 9.28. The molecular weight excluding hydrogens is 423 g/mol. The summed E-state index contributed by atoms with van der Waals surface area (Å²) in [6.07, 6.45) is -4.80. The van der Waals surface area contributed by atoms with Gasteiger partial charge in [-0.25, -0.2) is 8.42 Å². The standard InChI is InChI=1S/C19H20F3N3O4S/c1-12(30(26,27)25-8-6-23-7-9-25)13-2-5-17-16(10-13)24-15-4-3-14(11-18(15)28-17)29-19(20,21)22/h2-5,10-12,23-24H,6-9H2,1H3. The fraction of sp³-hybridized carbons (Fsp3) is 0.368. The molecule has 7 nitrogen and oxygen atoms in total. The molecule has 2 heterocycles. The van der Waals surface area contributed by atoms with Crippen LogP contribution in [0.3, 0.4) is 0 Å². The Morgan fingerprint density at radius 1 is 1.07 bits per heavy atom. The Balaban J connectivity index is 1.56. The van der Waals surface area contributed by atoms with Crippen molar-refractivity contribution in [3.8, 4) is 17.2 Å². The average molecular weight is 443 g/mol. The highest BCUT2D eigenvalue weighted by atomic mass is 32.2. The SMILES string of the molecule is CC(c1ccc2c(c1)Nc1ccc(OC(F)(F)F)cc1O2)S(=O)(=O)N1CCNCC1. The first-order valence-electron chi connectivity index (χ1n) is 9.32. The van der Waals surface area contributed by atoms with Gasteiger partial charge in [-0.3, -0.25) is 0 Å². The molecule has 4 rings (SSSR count). The van der Waals surface area contributed by atoms with E-state index < -0.39 is 21.6 Å². The molecule has 30 heavy (non-hydrogen) atoms. The Bertz CT molecular complexity index is 1050. The van der Waals surface area contributed by atoms with Crippen LogP contribution in [0.25, 0.3) is 0 Å². The van der Waals surface area contributed by atoms with Crippen molar-refractivity contribution in [1.29, 1.82) is 0 Å². The van der Waals surface area contributed by atoms with Crippen LogP contribution in [0.2, 0.25) is 0 Å². The van der Waals surface area contributed by atoms with Crippen LogP contribution < -0.4 is 20.1 Å². The third-order valence-electron chi connectivity index (χ3n) is 5.03. The van der Waals surface area contributed by atoms with Gasteiger partial charge < -0.3 is 20.1 Å². The number of ether oxygens (including phenoxy) is 2. The van der Waals surface area contributed by atoms with Gasteiger partial charge >= 0.3 is 6.36 Å². The third-order valence-corrected chi connectivity index (χ3v) is 7.28. The van der Waals surface area contributed by atoms with E-state index in [1.165, 1.54) is 16.4 Å². The smallest absolute Gasteiger partial charge is 0.453 e. The number of nitrogens with one attached hydrogen (secondary N) is 2. The van der Waals surface area contributed by atoms with Gasteiger partial charge in [0, 0.05) is 32.2 Å². The Labute approximate surface area is 171 Å². The maximum atomic E-state index is 12.9. The highest BCUT2D eigenvalue weighted by molar-refractivity contribution is 7.89. The van der Waals surface area contributed by atoms with E-state index in [4.69, 9.17) is 4.74 Å². The third kappa shape index (κ3) is 4.18. The van der Waals surface area contributed by atoms with Crippen LogP contribution in [0.4, 0.5) is 24.5 Å². The quantitative estimate of drug-likeness (QED) is 0.640. The normalized spacial score (nSPS) is 17.9. The predicted molar refractivity (Wildman–Crippen MR) is 105 cm³/mol. The molecular formula is C19H20F3N3O4S. The van der Waals surface area contributed by atoms with Crippen LogP contribution in [0.15, 0.2) is 36.4 Å². The van der Waals surface area contributed by atoms with E-state index in [-0.39, 0.29) is 11.5 Å². The summed E-state index contributed by atoms with van der Waals surface area (Å²) in [5.74, 6) is 0.166. The zero-order valence-corrected chi connectivity index (χ0v) is 16.8. The monoisotopic (exact) mass is 443 g/mol. The summed E-state index contributed by atoms with van der Waals surface area (Å²) in [7, 11) is -3.52. The molecule has 0 aromatic heterocycles. The van der Waals surface area contributed by atoms with E-state index in [1.807, 2.05) is 0 Å². The largest absolute Gasteiger partial charge is 0.573 e. The molecule has 11 heteroatoms. The summed E-state index contributed by atoms with van der Waals surface area (Å²) in [4.78, 5) is 0. The number of sulfonamides is 1. The number of halogens is 3. The molecule has 1 atom stereocenters. The first kappa shape index (κ1) is 20.8. The lowest BCUT2D eigenvalue weighted by Crippen LogP contribution is -2.47. The van der Waals surface area contributed by atoms with Crippen LogP contribution >= 0.6 is 0 Å². The minimum absolute atomic E-state index is 0.179. The van der Waals surface area contributed by atoms with Crippen molar-refractivity contribution >= 4 is 21.4 Å². The first-order valence-corrected chi connectivity index (χ1v) is 10.8. The first-order chi connectivity index (χ1) is 14.1. The highest BCUT2D eigenvalue weighted by Crippen LogP contribution is 2.45. The van der Waals surface area contributed by atoms with Crippen molar-refractivity contribution in [2.75, 3.05) is 31.5 Å². The van der Waals surface area contributed by atoms with E-state index in [9.17, 15) is 21.6 Å². The molecule has 0 saturated carbocycles. The van der Waals surface area contributed by atoms with Gasteiger partial charge in [0.1, 0.15) is 5.75 Å². The van der Waals surface area contributed by atoms with Crippen molar-refractivity contribution < 1.29 is 31.1 Å². The summed E-state index contributed by atoms with van der Waals surface area (Å²) in [5, 5.41) is 5.45. The zero-order chi connectivity index (χ0) is 21.5. The second kappa shape index (κ2) is 7.64. The molecule has 0 amide bonds. The number of anilines is 2. The van der Waals surface area contributed by atoms with Gasteiger partial charge in [0.25, 0.3) is 0 Å². The van der Waals surface area contributed by atoms with Crippen LogP contribution in [0.5, 0.6) is 17.2 Å². The number of hydrogen-bond donors (Lipinski definition) is 2. The van der Waals surface area contributed by atoms with Gasteiger partial charge in [0.2, 0.25) is 10.0 Å². The summed E-state index contributed by atoms with van der Waals surface area (Å²) >= 11 is 0. The van der Waals surface area contributed by atoms with Crippen LogP contribution in [0.1, 0.15) is 17.7 Å². The lowest BCUT2D eigenvalue weighted by Gasteiger charge is -2.30. The van der Waals surface area contributed by atoms with Crippen molar-refractivity contribution in [1.82, 2.24) is 9.62 Å². The van der Waals surface area contributed by atoms with Crippen molar-refractivity contribution in [3.05, 3.63) is 42.0 Å². The van der Waals surface area contributed by atoms with Gasteiger partial charge in [0.05, 0.1) is 16.6 Å². The van der Waals surface area contributed by atoms with E-state index in [1.54, 1.807) is 25.1 Å². The number of fused-ring (bicyclic) bond motifs is 2. The van der Waals surface area contributed by atoms with Gasteiger partial charge in [0.15, 0.2) is 11.5 Å². The Hall–Kier alpha value is -2.50. The number of alkyl halides is 3. The fourth-order valence-corrected chi connectivity index (χ4v) is 5.06. The van der Waals surface area contributed by atoms with E-state index in [0.717, 1.165) is 6.07 Å². The molecule has 2 aromatic rings. The summed E-state index contributed by atoms with van der Waals surface area (Å²) < 4.78 is 74.3. The lowest BCUT2D eigenvalue weighted by atomic mass is 10.1. The molecule has 162 valence electrons. The molecule has 2 aliphatic heterocycles. The maximum Gasteiger partial charge on any atom is 0.573 e. The van der Waals surface area contributed by atoms with Crippen molar-refractivity contribution in [2.24, 2.45) is 0 Å². The topological polar surface area (TPSA) is 79.9 Å². The molecule has 2 aliphatic rings. The highest BCUT2D eigenvalue weighted by Gasteiger charge is 2.33. The van der Waals surface area contributed by atoms with Crippen LogP contribution in [-0.2, 0) is 10.0 Å². The number of nitrogens with zero attached hydrogens (tertiary/aromatic N) is 1. The number of benzene rings is 2. The molecule has 0 spiro atoms. The van der Waals surface area contributed by atoms with Crippen LogP contribution in [0, 0.1) is 0 Å². The Morgan fingerprint density at radius 3 is 2.50 bits per heavy atom. The van der Waals surface area contributed by atoms with Gasteiger partial charge in [-0.15, -0.1) is 13.2 Å². The summed E-state index contributed by atoms with van der Waals surface area (Å²) in [6, 6.07) is 8.66. The average Bonchev–Trinajstić information content (AvgIpc) is 2.70. The minimum atomic E-state index is -4.80. The molecule has 2 N–H and O–H groups in total. The molecule has 0 bridgehead atoms. The Morgan fingerprint density at radius 2 is 1.80 bits per heavy atom. The molecule has 0 radical (unpaired) electrons. The van der Waals surface area contributed by atoms with Crippen LogP contribution in [-0.4, -0.2) is 45.3 Å². The minimum Gasteiger partial charge on any atom is -0.453 e. The number of piperazine rings is 1. The fourth-order valence-electron chi connectivity index (χ4n) is 3.43. The second-order valence-electron chi connectivity index (χ2n) is 7.02. The summed E-state index contributed by atoms with van der Waals surface area (Å²) in [6.45, 7) is 3.71. The number of rotatable bonds is 4.